The van der Waals surface area contributed by atoms with E-state index >= 15 is 0 Å². The number of hydrogen-bond acceptors (Lipinski definition) is 4. The highest BCUT2D eigenvalue weighted by Gasteiger charge is 2.19. The van der Waals surface area contributed by atoms with Gasteiger partial charge in [-0.2, -0.15) is 0 Å². The molecule has 0 aliphatic carbocycles. The second kappa shape index (κ2) is 4.63. The van der Waals surface area contributed by atoms with Gasteiger partial charge in [0.05, 0.1) is 7.11 Å². The lowest BCUT2D eigenvalue weighted by Gasteiger charge is -2.13. The first-order chi connectivity index (χ1) is 9.60. The van der Waals surface area contributed by atoms with Gasteiger partial charge < -0.3 is 19.3 Å². The van der Waals surface area contributed by atoms with Crippen molar-refractivity contribution in [3.8, 4) is 34.1 Å². The number of methoxy groups -OCH3 is 1. The highest BCUT2D eigenvalue weighted by molar-refractivity contribution is 5.78. The van der Waals surface area contributed by atoms with Crippen molar-refractivity contribution in [3.63, 3.8) is 0 Å². The van der Waals surface area contributed by atoms with E-state index in [9.17, 15) is 5.11 Å². The molecule has 0 spiro atoms. The van der Waals surface area contributed by atoms with Gasteiger partial charge in [-0.05, 0) is 54.8 Å². The van der Waals surface area contributed by atoms with Crippen LogP contribution in [0.3, 0.4) is 0 Å². The zero-order valence-corrected chi connectivity index (χ0v) is 11.7. The molecule has 0 radical (unpaired) electrons. The summed E-state index contributed by atoms with van der Waals surface area (Å²) in [4.78, 5) is 0. The van der Waals surface area contributed by atoms with E-state index in [4.69, 9.17) is 14.2 Å². The third kappa shape index (κ3) is 1.93. The first kappa shape index (κ1) is 12.7. The quantitative estimate of drug-likeness (QED) is 0.910. The van der Waals surface area contributed by atoms with Crippen molar-refractivity contribution < 1.29 is 19.3 Å². The molecule has 0 saturated heterocycles. The third-order valence-electron chi connectivity index (χ3n) is 3.45. The van der Waals surface area contributed by atoms with Crippen LogP contribution >= 0.6 is 0 Å². The van der Waals surface area contributed by atoms with Gasteiger partial charge in [0.15, 0.2) is 23.0 Å². The Hall–Kier alpha value is -2.36. The number of phenols is 1. The summed E-state index contributed by atoms with van der Waals surface area (Å²) in [6.45, 7) is 4.18. The van der Waals surface area contributed by atoms with Crippen LogP contribution in [0, 0.1) is 13.8 Å². The van der Waals surface area contributed by atoms with Crippen molar-refractivity contribution in [2.24, 2.45) is 0 Å². The minimum absolute atomic E-state index is 0.139. The fraction of sp³-hybridized carbons (Fsp3) is 0.250. The predicted molar refractivity (Wildman–Crippen MR) is 75.7 cm³/mol. The van der Waals surface area contributed by atoms with Crippen LogP contribution in [0.1, 0.15) is 11.1 Å². The predicted octanol–water partition coefficient (Wildman–Crippen LogP) is 3.41. The first-order valence-corrected chi connectivity index (χ1v) is 6.38. The van der Waals surface area contributed by atoms with Crippen molar-refractivity contribution >= 4 is 0 Å². The van der Waals surface area contributed by atoms with Gasteiger partial charge in [-0.1, -0.05) is 0 Å². The fourth-order valence-corrected chi connectivity index (χ4v) is 2.44. The molecule has 3 rings (SSSR count). The van der Waals surface area contributed by atoms with Gasteiger partial charge in [0.2, 0.25) is 6.79 Å². The van der Waals surface area contributed by atoms with Crippen molar-refractivity contribution in [2.45, 2.75) is 13.8 Å². The Morgan fingerprint density at radius 2 is 1.70 bits per heavy atom. The van der Waals surface area contributed by atoms with E-state index in [-0.39, 0.29) is 12.5 Å². The van der Waals surface area contributed by atoms with Crippen molar-refractivity contribution in [1.29, 1.82) is 0 Å². The molecule has 1 aliphatic rings. The smallest absolute Gasteiger partial charge is 0.231 e. The lowest BCUT2D eigenvalue weighted by molar-refractivity contribution is 0.174. The van der Waals surface area contributed by atoms with Gasteiger partial charge in [0, 0.05) is 5.56 Å². The Morgan fingerprint density at radius 1 is 1.00 bits per heavy atom. The van der Waals surface area contributed by atoms with Gasteiger partial charge >= 0.3 is 0 Å². The summed E-state index contributed by atoms with van der Waals surface area (Å²) < 4.78 is 16.0. The van der Waals surface area contributed by atoms with E-state index in [0.29, 0.717) is 11.5 Å². The van der Waals surface area contributed by atoms with Gasteiger partial charge in [0.25, 0.3) is 0 Å². The topological polar surface area (TPSA) is 47.9 Å². The molecule has 1 N–H and O–H groups in total. The van der Waals surface area contributed by atoms with Crippen LogP contribution in [0.25, 0.3) is 11.1 Å². The van der Waals surface area contributed by atoms with E-state index in [0.717, 1.165) is 28.0 Å². The Labute approximate surface area is 117 Å². The summed E-state index contributed by atoms with van der Waals surface area (Å²) in [5.41, 5.74) is 3.68. The van der Waals surface area contributed by atoms with Gasteiger partial charge in [-0.15, -0.1) is 0 Å². The fourth-order valence-electron chi connectivity index (χ4n) is 2.44. The number of aryl methyl sites for hydroxylation is 2. The summed E-state index contributed by atoms with van der Waals surface area (Å²) in [5, 5.41) is 10.3. The average molecular weight is 272 g/mol. The molecule has 1 heterocycles. The molecular formula is C16H16O4. The lowest BCUT2D eigenvalue weighted by atomic mass is 9.97. The zero-order chi connectivity index (χ0) is 14.3. The van der Waals surface area contributed by atoms with Crippen molar-refractivity contribution in [1.82, 2.24) is 0 Å². The van der Waals surface area contributed by atoms with Gasteiger partial charge in [0.1, 0.15) is 0 Å². The number of fused-ring (bicyclic) bond motifs is 1. The van der Waals surface area contributed by atoms with Crippen molar-refractivity contribution in [3.05, 3.63) is 35.4 Å². The number of phenolic OH excluding ortho intramolecular Hbond substituents is 1. The largest absolute Gasteiger partial charge is 0.504 e. The van der Waals surface area contributed by atoms with Gasteiger partial charge in [-0.3, -0.25) is 0 Å². The van der Waals surface area contributed by atoms with Crippen LogP contribution in [-0.4, -0.2) is 19.0 Å². The number of aromatic hydroxyl groups is 1. The Bertz CT molecular complexity index is 677. The van der Waals surface area contributed by atoms with Crippen LogP contribution in [-0.2, 0) is 0 Å². The number of ether oxygens (including phenoxy) is 3. The normalized spacial score (nSPS) is 12.6. The molecule has 0 amide bonds. The molecule has 0 fully saturated rings. The second-order valence-electron chi connectivity index (χ2n) is 4.88. The molecule has 0 atom stereocenters. The summed E-state index contributed by atoms with van der Waals surface area (Å²) >= 11 is 0. The lowest BCUT2D eigenvalue weighted by Crippen LogP contribution is -1.92. The summed E-state index contributed by atoms with van der Waals surface area (Å²) in [7, 11) is 1.55. The van der Waals surface area contributed by atoms with E-state index < -0.39 is 0 Å². The van der Waals surface area contributed by atoms with E-state index in [2.05, 4.69) is 0 Å². The minimum Gasteiger partial charge on any atom is -0.504 e. The summed E-state index contributed by atoms with van der Waals surface area (Å²) in [6.07, 6.45) is 0. The van der Waals surface area contributed by atoms with Gasteiger partial charge in [-0.25, -0.2) is 0 Å². The SMILES string of the molecule is COc1cc(C)cc(-c2cc3c(cc2C)OCO3)c1O. The van der Waals surface area contributed by atoms with Crippen LogP contribution < -0.4 is 14.2 Å². The summed E-state index contributed by atoms with van der Waals surface area (Å²) in [6, 6.07) is 7.56. The maximum Gasteiger partial charge on any atom is 0.231 e. The molecule has 20 heavy (non-hydrogen) atoms. The third-order valence-corrected chi connectivity index (χ3v) is 3.45. The molecular weight excluding hydrogens is 256 g/mol. The first-order valence-electron chi connectivity index (χ1n) is 6.38. The molecule has 4 nitrogen and oxygen atoms in total. The molecule has 0 unspecified atom stereocenters. The number of hydrogen-bond donors (Lipinski definition) is 1. The minimum atomic E-state index is 0.139. The molecule has 4 heteroatoms. The Morgan fingerprint density at radius 3 is 2.40 bits per heavy atom. The number of benzene rings is 2. The van der Waals surface area contributed by atoms with Crippen LogP contribution in [0.4, 0.5) is 0 Å². The monoisotopic (exact) mass is 272 g/mol. The Balaban J connectivity index is 2.21. The van der Waals surface area contributed by atoms with Crippen LogP contribution in [0.15, 0.2) is 24.3 Å². The summed E-state index contributed by atoms with van der Waals surface area (Å²) in [5.74, 6) is 2.05. The molecule has 104 valence electrons. The maximum atomic E-state index is 10.3. The van der Waals surface area contributed by atoms with Crippen LogP contribution in [0.5, 0.6) is 23.0 Å². The van der Waals surface area contributed by atoms with E-state index in [1.165, 1.54) is 0 Å². The molecule has 1 aliphatic heterocycles. The molecule has 2 aromatic carbocycles. The van der Waals surface area contributed by atoms with Crippen molar-refractivity contribution in [2.75, 3.05) is 13.9 Å². The average Bonchev–Trinajstić information content (AvgIpc) is 2.87. The molecule has 0 bridgehead atoms. The highest BCUT2D eigenvalue weighted by atomic mass is 16.7. The van der Waals surface area contributed by atoms with E-state index in [1.54, 1.807) is 13.2 Å². The number of rotatable bonds is 2. The molecule has 0 saturated carbocycles. The van der Waals surface area contributed by atoms with E-state index in [1.807, 2.05) is 32.0 Å². The Kier molecular flexibility index (Phi) is 2.93. The maximum absolute atomic E-state index is 10.3. The standard InChI is InChI=1S/C16H16O4/c1-9-4-12(16(17)15(5-9)18-3)11-7-14-13(6-10(11)2)19-8-20-14/h4-7,17H,8H2,1-3H3. The second-order valence-corrected chi connectivity index (χ2v) is 4.88. The highest BCUT2D eigenvalue weighted by Crippen LogP contribution is 2.44. The van der Waals surface area contributed by atoms with Crippen LogP contribution in [0.2, 0.25) is 0 Å². The zero-order valence-electron chi connectivity index (χ0n) is 11.7. The molecule has 0 aromatic heterocycles. The molecule has 2 aromatic rings.